The predicted molar refractivity (Wildman–Crippen MR) is 130 cm³/mol. The fourth-order valence-corrected chi connectivity index (χ4v) is 4.55. The van der Waals surface area contributed by atoms with E-state index in [0.29, 0.717) is 35.9 Å². The van der Waals surface area contributed by atoms with Gasteiger partial charge in [0.1, 0.15) is 17.7 Å². The third-order valence-electron chi connectivity index (χ3n) is 5.92. The Morgan fingerprint density at radius 2 is 1.88 bits per heavy atom. The fraction of sp³-hybridized carbons (Fsp3) is 0.346. The van der Waals surface area contributed by atoms with Crippen LogP contribution in [-0.2, 0) is 28.8 Å². The Kier molecular flexibility index (Phi) is 6.84. The van der Waals surface area contributed by atoms with Crippen LogP contribution >= 0.6 is 11.6 Å². The van der Waals surface area contributed by atoms with Crippen molar-refractivity contribution in [1.29, 1.82) is 0 Å². The second-order valence-electron chi connectivity index (χ2n) is 8.04. The second kappa shape index (κ2) is 9.79. The molecule has 6 nitrogen and oxygen atoms in total. The summed E-state index contributed by atoms with van der Waals surface area (Å²) >= 11 is 6.16. The molecule has 2 unspecified atom stereocenters. The lowest BCUT2D eigenvalue weighted by Gasteiger charge is -2.24. The lowest BCUT2D eigenvalue weighted by Crippen LogP contribution is -2.27. The molecular weight excluding hydrogens is 438 g/mol. The van der Waals surface area contributed by atoms with Gasteiger partial charge in [-0.3, -0.25) is 4.79 Å². The molecule has 0 saturated carbocycles. The van der Waals surface area contributed by atoms with Crippen molar-refractivity contribution in [2.75, 3.05) is 12.4 Å². The van der Waals surface area contributed by atoms with Gasteiger partial charge >= 0.3 is 5.97 Å². The molecule has 0 spiro atoms. The van der Waals surface area contributed by atoms with Gasteiger partial charge in [0.25, 0.3) is 0 Å². The first-order valence-corrected chi connectivity index (χ1v) is 11.6. The minimum Gasteiger partial charge on any atom is -0.496 e. The van der Waals surface area contributed by atoms with Gasteiger partial charge in [0, 0.05) is 23.9 Å². The van der Waals surface area contributed by atoms with Gasteiger partial charge in [-0.2, -0.15) is 0 Å². The smallest absolute Gasteiger partial charge is 0.302 e. The van der Waals surface area contributed by atoms with E-state index in [4.69, 9.17) is 31.0 Å². The molecule has 172 valence electrons. The molecule has 0 bridgehead atoms. The number of anilines is 1. The van der Waals surface area contributed by atoms with Crippen LogP contribution in [0.25, 0.3) is 11.3 Å². The molecular formula is C26H28ClN3O3. The topological polar surface area (TPSA) is 73.3 Å². The van der Waals surface area contributed by atoms with E-state index in [1.54, 1.807) is 13.2 Å². The highest BCUT2D eigenvalue weighted by Gasteiger charge is 2.35. The molecule has 0 amide bonds. The van der Waals surface area contributed by atoms with Crippen molar-refractivity contribution >= 4 is 23.4 Å². The number of fused-ring (bicyclic) bond motifs is 1. The van der Waals surface area contributed by atoms with E-state index in [9.17, 15) is 4.79 Å². The van der Waals surface area contributed by atoms with Gasteiger partial charge in [-0.25, -0.2) is 9.97 Å². The van der Waals surface area contributed by atoms with Gasteiger partial charge < -0.3 is 14.8 Å². The summed E-state index contributed by atoms with van der Waals surface area (Å²) in [6, 6.07) is 13.5. The van der Waals surface area contributed by atoms with Crippen LogP contribution in [0.4, 0.5) is 5.82 Å². The minimum absolute atomic E-state index is 0.190. The van der Waals surface area contributed by atoms with Crippen LogP contribution in [-0.4, -0.2) is 29.2 Å². The van der Waals surface area contributed by atoms with E-state index < -0.39 is 0 Å². The largest absolute Gasteiger partial charge is 0.496 e. The standard InChI is InChI=1S/C26H28ClN3O3/c1-5-20-24(19-12-11-17(27)14-22(19)32-4)28-21(6-2)26(29-20)30-25-18-10-8-7-9-16(18)13-23(25)33-15(3)31/h7-12,14,23,25H,5-6,13H2,1-4H3,(H,29,30). The molecule has 3 aromatic rings. The summed E-state index contributed by atoms with van der Waals surface area (Å²) in [6.07, 6.45) is 1.76. The molecule has 7 heteroatoms. The maximum absolute atomic E-state index is 11.8. The van der Waals surface area contributed by atoms with Gasteiger partial charge in [-0.1, -0.05) is 49.7 Å². The van der Waals surface area contributed by atoms with Crippen molar-refractivity contribution in [2.24, 2.45) is 0 Å². The molecule has 0 fully saturated rings. The molecule has 0 radical (unpaired) electrons. The molecule has 0 aliphatic heterocycles. The normalized spacial score (nSPS) is 16.9. The van der Waals surface area contributed by atoms with E-state index in [2.05, 4.69) is 31.3 Å². The number of nitrogens with zero attached hydrogens (tertiary/aromatic N) is 2. The van der Waals surface area contributed by atoms with E-state index >= 15 is 0 Å². The van der Waals surface area contributed by atoms with Crippen molar-refractivity contribution in [3.8, 4) is 17.0 Å². The molecule has 1 N–H and O–H groups in total. The van der Waals surface area contributed by atoms with Crippen LogP contribution in [0, 0.1) is 0 Å². The summed E-state index contributed by atoms with van der Waals surface area (Å²) in [4.78, 5) is 21.7. The lowest BCUT2D eigenvalue weighted by atomic mass is 10.1. The maximum Gasteiger partial charge on any atom is 0.302 e. The summed E-state index contributed by atoms with van der Waals surface area (Å²) < 4.78 is 11.2. The van der Waals surface area contributed by atoms with Crippen LogP contribution in [0.1, 0.15) is 49.3 Å². The zero-order valence-corrected chi connectivity index (χ0v) is 20.1. The molecule has 1 aromatic heterocycles. The Morgan fingerprint density at radius 3 is 2.58 bits per heavy atom. The molecule has 2 atom stereocenters. The van der Waals surface area contributed by atoms with Gasteiger partial charge in [0.05, 0.1) is 30.2 Å². The number of aromatic nitrogens is 2. The monoisotopic (exact) mass is 465 g/mol. The number of benzene rings is 2. The average Bonchev–Trinajstić information content (AvgIpc) is 3.15. The summed E-state index contributed by atoms with van der Waals surface area (Å²) in [6.45, 7) is 5.55. The summed E-state index contributed by atoms with van der Waals surface area (Å²) in [5, 5.41) is 4.16. The number of esters is 1. The first kappa shape index (κ1) is 23.1. The van der Waals surface area contributed by atoms with Crippen LogP contribution < -0.4 is 10.1 Å². The molecule has 1 aliphatic rings. The predicted octanol–water partition coefficient (Wildman–Crippen LogP) is 5.57. The number of hydrogen-bond acceptors (Lipinski definition) is 6. The van der Waals surface area contributed by atoms with E-state index in [0.717, 1.165) is 28.2 Å². The number of ether oxygens (including phenoxy) is 2. The van der Waals surface area contributed by atoms with Gasteiger partial charge in [-0.05, 0) is 42.2 Å². The lowest BCUT2D eigenvalue weighted by molar-refractivity contribution is -0.146. The molecule has 0 saturated heterocycles. The van der Waals surface area contributed by atoms with Crippen molar-refractivity contribution < 1.29 is 14.3 Å². The average molecular weight is 466 g/mol. The second-order valence-corrected chi connectivity index (χ2v) is 8.48. The Bertz CT molecular complexity index is 1180. The number of carbonyl (C=O) groups excluding carboxylic acids is 1. The Morgan fingerprint density at radius 1 is 1.12 bits per heavy atom. The van der Waals surface area contributed by atoms with Gasteiger partial charge in [0.2, 0.25) is 0 Å². The third-order valence-corrected chi connectivity index (χ3v) is 6.16. The Hall–Kier alpha value is -3.12. The number of rotatable bonds is 7. The number of nitrogens with one attached hydrogen (secondary N) is 1. The third kappa shape index (κ3) is 4.67. The van der Waals surface area contributed by atoms with Gasteiger partial charge in [-0.15, -0.1) is 0 Å². The first-order chi connectivity index (χ1) is 15.9. The van der Waals surface area contributed by atoms with Crippen molar-refractivity contribution in [1.82, 2.24) is 9.97 Å². The van der Waals surface area contributed by atoms with E-state index in [1.807, 2.05) is 24.3 Å². The fourth-order valence-electron chi connectivity index (χ4n) is 4.39. The van der Waals surface area contributed by atoms with Gasteiger partial charge in [0.15, 0.2) is 0 Å². The van der Waals surface area contributed by atoms with Crippen LogP contribution in [0.5, 0.6) is 5.75 Å². The highest BCUT2D eigenvalue weighted by atomic mass is 35.5. The summed E-state index contributed by atoms with van der Waals surface area (Å²) in [7, 11) is 1.62. The van der Waals surface area contributed by atoms with Crippen molar-refractivity contribution in [3.63, 3.8) is 0 Å². The zero-order chi connectivity index (χ0) is 23.5. The molecule has 33 heavy (non-hydrogen) atoms. The summed E-state index contributed by atoms with van der Waals surface area (Å²) in [5.74, 6) is 1.08. The number of aryl methyl sites for hydroxylation is 2. The quantitative estimate of drug-likeness (QED) is 0.460. The Labute approximate surface area is 199 Å². The highest BCUT2D eigenvalue weighted by Crippen LogP contribution is 2.38. The van der Waals surface area contributed by atoms with Crippen LogP contribution in [0.3, 0.4) is 0 Å². The van der Waals surface area contributed by atoms with Crippen molar-refractivity contribution in [3.05, 3.63) is 70.0 Å². The zero-order valence-electron chi connectivity index (χ0n) is 19.3. The van der Waals surface area contributed by atoms with Crippen LogP contribution in [0.15, 0.2) is 42.5 Å². The molecule has 1 aliphatic carbocycles. The SMILES string of the molecule is CCc1nc(-c2ccc(Cl)cc2OC)c(CC)nc1NC1c2ccccc2CC1OC(C)=O. The Balaban J connectivity index is 1.76. The number of halogens is 1. The first-order valence-electron chi connectivity index (χ1n) is 11.2. The maximum atomic E-state index is 11.8. The number of carbonyl (C=O) groups is 1. The van der Waals surface area contributed by atoms with E-state index in [-0.39, 0.29) is 18.1 Å². The van der Waals surface area contributed by atoms with Crippen molar-refractivity contribution in [2.45, 2.75) is 52.2 Å². The summed E-state index contributed by atoms with van der Waals surface area (Å²) in [5.41, 5.74) is 5.63. The molecule has 2 aromatic carbocycles. The minimum atomic E-state index is -0.299. The van der Waals surface area contributed by atoms with Crippen LogP contribution in [0.2, 0.25) is 5.02 Å². The molecule has 4 rings (SSSR count). The highest BCUT2D eigenvalue weighted by molar-refractivity contribution is 6.30. The van der Waals surface area contributed by atoms with E-state index in [1.165, 1.54) is 12.5 Å². The number of hydrogen-bond donors (Lipinski definition) is 1. The number of methoxy groups -OCH3 is 1. The molecule has 1 heterocycles.